The van der Waals surface area contributed by atoms with E-state index in [4.69, 9.17) is 4.42 Å². The second-order valence-corrected chi connectivity index (χ2v) is 10.1. The first-order chi connectivity index (χ1) is 18.8. The third kappa shape index (κ3) is 2.87. The molecule has 0 radical (unpaired) electrons. The molecule has 0 saturated carbocycles. The molecule has 0 bridgehead atoms. The SMILES string of the molecule is c1ccc(C2(c3ccc(-c4ccc5c(c4)oc4ccccc45)cc3)c3ccccc3-c3ccccc32)cc1. The minimum absolute atomic E-state index is 0.365. The van der Waals surface area contributed by atoms with Crippen LogP contribution in [0.15, 0.2) is 150 Å². The fourth-order valence-corrected chi connectivity index (χ4v) is 6.53. The molecule has 7 aromatic rings. The Kier molecular flexibility index (Phi) is 4.50. The summed E-state index contributed by atoms with van der Waals surface area (Å²) in [5.41, 5.74) is 11.7. The normalized spacial score (nSPS) is 13.5. The van der Waals surface area contributed by atoms with Crippen molar-refractivity contribution in [2.24, 2.45) is 0 Å². The largest absolute Gasteiger partial charge is 0.456 e. The average molecular weight is 485 g/mol. The van der Waals surface area contributed by atoms with Gasteiger partial charge in [-0.05, 0) is 62.7 Å². The summed E-state index contributed by atoms with van der Waals surface area (Å²) >= 11 is 0. The van der Waals surface area contributed by atoms with Gasteiger partial charge in [0.2, 0.25) is 0 Å². The van der Waals surface area contributed by atoms with E-state index in [9.17, 15) is 0 Å². The molecule has 1 aromatic heterocycles. The molecule has 0 aliphatic heterocycles. The lowest BCUT2D eigenvalue weighted by atomic mass is 9.67. The predicted molar refractivity (Wildman–Crippen MR) is 156 cm³/mol. The second-order valence-electron chi connectivity index (χ2n) is 10.1. The Hall–Kier alpha value is -4.88. The molecule has 0 amide bonds. The summed E-state index contributed by atoms with van der Waals surface area (Å²) in [5, 5.41) is 2.32. The predicted octanol–water partition coefficient (Wildman–Crippen LogP) is 9.62. The molecule has 0 saturated heterocycles. The lowest BCUT2D eigenvalue weighted by Gasteiger charge is -2.34. The van der Waals surface area contributed by atoms with E-state index in [0.29, 0.717) is 0 Å². The van der Waals surface area contributed by atoms with Gasteiger partial charge in [-0.25, -0.2) is 0 Å². The van der Waals surface area contributed by atoms with Crippen molar-refractivity contribution >= 4 is 21.9 Å². The molecule has 0 spiro atoms. The smallest absolute Gasteiger partial charge is 0.136 e. The maximum Gasteiger partial charge on any atom is 0.136 e. The number of benzene rings is 6. The van der Waals surface area contributed by atoms with E-state index in [1.165, 1.54) is 38.9 Å². The molecule has 0 N–H and O–H groups in total. The van der Waals surface area contributed by atoms with Crippen LogP contribution >= 0.6 is 0 Å². The van der Waals surface area contributed by atoms with Gasteiger partial charge in [0.25, 0.3) is 0 Å². The average Bonchev–Trinajstić information content (AvgIpc) is 3.51. The molecule has 178 valence electrons. The summed E-state index contributed by atoms with van der Waals surface area (Å²) in [6, 6.07) is 52.6. The quantitative estimate of drug-likeness (QED) is 0.243. The van der Waals surface area contributed by atoms with Crippen molar-refractivity contribution in [3.8, 4) is 22.3 Å². The van der Waals surface area contributed by atoms with Gasteiger partial charge < -0.3 is 4.42 Å². The third-order valence-electron chi connectivity index (χ3n) is 8.19. The van der Waals surface area contributed by atoms with Crippen LogP contribution in [-0.2, 0) is 5.41 Å². The van der Waals surface area contributed by atoms with Crippen LogP contribution in [0, 0.1) is 0 Å². The summed E-state index contributed by atoms with van der Waals surface area (Å²) in [6.07, 6.45) is 0. The molecule has 0 fully saturated rings. The van der Waals surface area contributed by atoms with Crippen molar-refractivity contribution in [1.29, 1.82) is 0 Å². The van der Waals surface area contributed by atoms with E-state index in [-0.39, 0.29) is 5.41 Å². The highest BCUT2D eigenvalue weighted by molar-refractivity contribution is 6.05. The van der Waals surface area contributed by atoms with Gasteiger partial charge in [-0.15, -0.1) is 0 Å². The molecular formula is C37H24O. The Morgan fingerprint density at radius 2 is 0.947 bits per heavy atom. The third-order valence-corrected chi connectivity index (χ3v) is 8.19. The monoisotopic (exact) mass is 484 g/mol. The second kappa shape index (κ2) is 8.06. The topological polar surface area (TPSA) is 13.1 Å². The Morgan fingerprint density at radius 3 is 1.68 bits per heavy atom. The van der Waals surface area contributed by atoms with Crippen LogP contribution < -0.4 is 0 Å². The zero-order valence-corrected chi connectivity index (χ0v) is 20.8. The molecule has 1 heterocycles. The lowest BCUT2D eigenvalue weighted by molar-refractivity contribution is 0.669. The zero-order valence-electron chi connectivity index (χ0n) is 20.8. The molecule has 1 aliphatic carbocycles. The van der Waals surface area contributed by atoms with Crippen LogP contribution in [-0.4, -0.2) is 0 Å². The molecule has 0 atom stereocenters. The van der Waals surface area contributed by atoms with E-state index in [1.807, 2.05) is 12.1 Å². The molecule has 8 rings (SSSR count). The number of hydrogen-bond donors (Lipinski definition) is 0. The highest BCUT2D eigenvalue weighted by Crippen LogP contribution is 2.56. The van der Waals surface area contributed by atoms with Crippen molar-refractivity contribution in [1.82, 2.24) is 0 Å². The Labute approximate surface area is 221 Å². The lowest BCUT2D eigenvalue weighted by Crippen LogP contribution is -2.28. The van der Waals surface area contributed by atoms with Crippen molar-refractivity contribution in [3.63, 3.8) is 0 Å². The van der Waals surface area contributed by atoms with E-state index < -0.39 is 0 Å². The minimum Gasteiger partial charge on any atom is -0.456 e. The van der Waals surface area contributed by atoms with Crippen molar-refractivity contribution < 1.29 is 4.42 Å². The fourth-order valence-electron chi connectivity index (χ4n) is 6.53. The zero-order chi connectivity index (χ0) is 25.1. The summed E-state index contributed by atoms with van der Waals surface area (Å²) < 4.78 is 6.17. The van der Waals surface area contributed by atoms with E-state index >= 15 is 0 Å². The van der Waals surface area contributed by atoms with Crippen molar-refractivity contribution in [2.45, 2.75) is 5.41 Å². The Morgan fingerprint density at radius 1 is 0.395 bits per heavy atom. The van der Waals surface area contributed by atoms with Crippen LogP contribution in [0.3, 0.4) is 0 Å². The summed E-state index contributed by atoms with van der Waals surface area (Å²) in [7, 11) is 0. The Bertz CT molecular complexity index is 1910. The number of hydrogen-bond acceptors (Lipinski definition) is 1. The highest BCUT2D eigenvalue weighted by atomic mass is 16.3. The molecule has 1 nitrogen and oxygen atoms in total. The van der Waals surface area contributed by atoms with Crippen molar-refractivity contribution in [2.75, 3.05) is 0 Å². The fraction of sp³-hybridized carbons (Fsp3) is 0.0270. The van der Waals surface area contributed by atoms with Gasteiger partial charge in [-0.2, -0.15) is 0 Å². The minimum atomic E-state index is -0.365. The molecule has 1 aliphatic rings. The summed E-state index contributed by atoms with van der Waals surface area (Å²) in [6.45, 7) is 0. The van der Waals surface area contributed by atoms with Gasteiger partial charge in [0, 0.05) is 10.8 Å². The number of fused-ring (bicyclic) bond motifs is 6. The maximum absolute atomic E-state index is 6.17. The maximum atomic E-state index is 6.17. The Balaban J connectivity index is 1.32. The molecule has 1 heteroatoms. The van der Waals surface area contributed by atoms with Crippen LogP contribution in [0.1, 0.15) is 22.3 Å². The van der Waals surface area contributed by atoms with E-state index in [2.05, 4.69) is 133 Å². The van der Waals surface area contributed by atoms with Gasteiger partial charge in [-0.3, -0.25) is 0 Å². The first-order valence-corrected chi connectivity index (χ1v) is 13.1. The first-order valence-electron chi connectivity index (χ1n) is 13.1. The number of rotatable bonds is 3. The number of para-hydroxylation sites is 1. The van der Waals surface area contributed by atoms with Gasteiger partial charge in [0.1, 0.15) is 11.2 Å². The standard InChI is InChI=1S/C37H24O/c1-2-10-27(11-3-1)37(33-15-7-4-12-29(33)30-13-5-8-16-34(30)37)28-21-18-25(19-22-28)26-20-23-32-31-14-6-9-17-35(31)38-36(32)24-26/h1-24H. The van der Waals surface area contributed by atoms with E-state index in [1.54, 1.807) is 0 Å². The van der Waals surface area contributed by atoms with Gasteiger partial charge in [-0.1, -0.05) is 127 Å². The molecular weight excluding hydrogens is 460 g/mol. The highest BCUT2D eigenvalue weighted by Gasteiger charge is 2.45. The van der Waals surface area contributed by atoms with Crippen LogP contribution in [0.2, 0.25) is 0 Å². The van der Waals surface area contributed by atoms with Crippen LogP contribution in [0.25, 0.3) is 44.2 Å². The van der Waals surface area contributed by atoms with Gasteiger partial charge in [0.05, 0.1) is 5.41 Å². The number of furan rings is 1. The summed E-state index contributed by atoms with van der Waals surface area (Å²) in [5.74, 6) is 0. The first kappa shape index (κ1) is 21.2. The molecule has 6 aromatic carbocycles. The van der Waals surface area contributed by atoms with Crippen LogP contribution in [0.4, 0.5) is 0 Å². The summed E-state index contributed by atoms with van der Waals surface area (Å²) in [4.78, 5) is 0. The van der Waals surface area contributed by atoms with Gasteiger partial charge >= 0.3 is 0 Å². The van der Waals surface area contributed by atoms with Crippen molar-refractivity contribution in [3.05, 3.63) is 168 Å². The van der Waals surface area contributed by atoms with E-state index in [0.717, 1.165) is 27.5 Å². The molecule has 0 unspecified atom stereocenters. The molecule has 38 heavy (non-hydrogen) atoms. The van der Waals surface area contributed by atoms with Gasteiger partial charge in [0.15, 0.2) is 0 Å². The van der Waals surface area contributed by atoms with Crippen LogP contribution in [0.5, 0.6) is 0 Å².